The van der Waals surface area contributed by atoms with E-state index in [1.807, 2.05) is 20.2 Å². The van der Waals surface area contributed by atoms with Crippen LogP contribution in [0.5, 0.6) is 0 Å². The lowest BCUT2D eigenvalue weighted by atomic mass is 10.4. The molecular formula is C9H12ClN7. The van der Waals surface area contributed by atoms with Gasteiger partial charge >= 0.3 is 0 Å². The molecule has 0 amide bonds. The predicted molar refractivity (Wildman–Crippen MR) is 65.1 cm³/mol. The van der Waals surface area contributed by atoms with Crippen molar-refractivity contribution in [3.05, 3.63) is 23.2 Å². The second kappa shape index (κ2) is 4.96. The molecule has 17 heavy (non-hydrogen) atoms. The van der Waals surface area contributed by atoms with Gasteiger partial charge in [-0.2, -0.15) is 20.1 Å². The van der Waals surface area contributed by atoms with Crippen LogP contribution >= 0.6 is 11.6 Å². The normalized spacial score (nSPS) is 10.3. The van der Waals surface area contributed by atoms with Crippen molar-refractivity contribution >= 4 is 23.5 Å². The van der Waals surface area contributed by atoms with Crippen molar-refractivity contribution in [2.75, 3.05) is 24.3 Å². The number of aromatic nitrogens is 5. The van der Waals surface area contributed by atoms with Crippen LogP contribution in [-0.2, 0) is 6.54 Å². The van der Waals surface area contributed by atoms with E-state index < -0.39 is 0 Å². The zero-order valence-corrected chi connectivity index (χ0v) is 10.2. The Morgan fingerprint density at radius 1 is 1.35 bits per heavy atom. The highest BCUT2D eigenvalue weighted by molar-refractivity contribution is 6.28. The molecule has 0 spiro atoms. The van der Waals surface area contributed by atoms with Gasteiger partial charge in [0.1, 0.15) is 0 Å². The first-order chi connectivity index (χ1) is 8.15. The summed E-state index contributed by atoms with van der Waals surface area (Å²) in [5, 5.41) is 9.88. The smallest absolute Gasteiger partial charge is 0.230 e. The SMILES string of the molecule is CN(C)c1nc(Cl)nc(NCc2ccn[nH]2)n1. The molecule has 0 saturated carbocycles. The Morgan fingerprint density at radius 2 is 2.18 bits per heavy atom. The molecule has 90 valence electrons. The van der Waals surface area contributed by atoms with Crippen LogP contribution in [0.15, 0.2) is 12.3 Å². The standard InChI is InChI=1S/C9H12ClN7/c1-17(2)9-14-7(10)13-8(15-9)11-5-6-3-4-12-16-6/h3-4H,5H2,1-2H3,(H,12,16)(H,11,13,14,15). The molecule has 0 atom stereocenters. The zero-order chi connectivity index (χ0) is 12.3. The maximum absolute atomic E-state index is 5.81. The Hall–Kier alpha value is -1.89. The minimum absolute atomic E-state index is 0.163. The zero-order valence-electron chi connectivity index (χ0n) is 9.48. The largest absolute Gasteiger partial charge is 0.348 e. The molecule has 2 rings (SSSR count). The maximum Gasteiger partial charge on any atom is 0.230 e. The van der Waals surface area contributed by atoms with Crippen LogP contribution in [0.25, 0.3) is 0 Å². The van der Waals surface area contributed by atoms with Crippen molar-refractivity contribution in [2.45, 2.75) is 6.54 Å². The molecule has 0 aromatic carbocycles. The summed E-state index contributed by atoms with van der Waals surface area (Å²) in [6.45, 7) is 0.549. The van der Waals surface area contributed by atoms with Crippen LogP contribution in [0.4, 0.5) is 11.9 Å². The Balaban J connectivity index is 2.10. The Labute approximate surface area is 103 Å². The van der Waals surface area contributed by atoms with Gasteiger partial charge in [0, 0.05) is 20.3 Å². The Kier molecular flexibility index (Phi) is 3.38. The molecular weight excluding hydrogens is 242 g/mol. The minimum atomic E-state index is 0.163. The van der Waals surface area contributed by atoms with Crippen LogP contribution in [0.2, 0.25) is 5.28 Å². The van der Waals surface area contributed by atoms with E-state index in [1.165, 1.54) is 0 Å². The molecule has 0 bridgehead atoms. The minimum Gasteiger partial charge on any atom is -0.348 e. The fraction of sp³-hybridized carbons (Fsp3) is 0.333. The number of nitrogens with one attached hydrogen (secondary N) is 2. The fourth-order valence-electron chi connectivity index (χ4n) is 1.18. The molecule has 7 nitrogen and oxygen atoms in total. The number of anilines is 2. The molecule has 0 aliphatic heterocycles. The van der Waals surface area contributed by atoms with Crippen LogP contribution in [0.1, 0.15) is 5.69 Å². The van der Waals surface area contributed by atoms with Crippen molar-refractivity contribution in [3.8, 4) is 0 Å². The lowest BCUT2D eigenvalue weighted by Gasteiger charge is -2.11. The number of hydrogen-bond acceptors (Lipinski definition) is 6. The van der Waals surface area contributed by atoms with E-state index in [1.54, 1.807) is 11.1 Å². The van der Waals surface area contributed by atoms with E-state index in [4.69, 9.17) is 11.6 Å². The number of aromatic amines is 1. The lowest BCUT2D eigenvalue weighted by Crippen LogP contribution is -2.15. The molecule has 2 aromatic heterocycles. The molecule has 0 fully saturated rings. The average Bonchev–Trinajstić information content (AvgIpc) is 2.78. The number of H-pyrrole nitrogens is 1. The summed E-state index contributed by atoms with van der Waals surface area (Å²) >= 11 is 5.81. The van der Waals surface area contributed by atoms with Crippen molar-refractivity contribution in [1.29, 1.82) is 0 Å². The van der Waals surface area contributed by atoms with Gasteiger partial charge in [-0.05, 0) is 17.7 Å². The van der Waals surface area contributed by atoms with Gasteiger partial charge in [-0.25, -0.2) is 0 Å². The van der Waals surface area contributed by atoms with E-state index in [0.717, 1.165) is 5.69 Å². The average molecular weight is 254 g/mol. The van der Waals surface area contributed by atoms with Gasteiger partial charge in [-0.3, -0.25) is 5.10 Å². The summed E-state index contributed by atoms with van der Waals surface area (Å²) < 4.78 is 0. The van der Waals surface area contributed by atoms with Crippen molar-refractivity contribution in [3.63, 3.8) is 0 Å². The fourth-order valence-corrected chi connectivity index (χ4v) is 1.33. The second-order valence-electron chi connectivity index (χ2n) is 3.56. The van der Waals surface area contributed by atoms with Crippen molar-refractivity contribution in [1.82, 2.24) is 25.1 Å². The first-order valence-electron chi connectivity index (χ1n) is 4.96. The molecule has 0 unspecified atom stereocenters. The van der Waals surface area contributed by atoms with Crippen LogP contribution in [0.3, 0.4) is 0 Å². The third-order valence-electron chi connectivity index (χ3n) is 1.99. The highest BCUT2D eigenvalue weighted by Gasteiger charge is 2.06. The molecule has 0 aliphatic carbocycles. The van der Waals surface area contributed by atoms with Gasteiger partial charge in [-0.15, -0.1) is 0 Å². The van der Waals surface area contributed by atoms with Gasteiger partial charge in [0.2, 0.25) is 17.2 Å². The topological polar surface area (TPSA) is 82.6 Å². The molecule has 0 saturated heterocycles. The molecule has 2 aromatic rings. The van der Waals surface area contributed by atoms with Crippen LogP contribution in [-0.4, -0.2) is 39.2 Å². The van der Waals surface area contributed by atoms with Gasteiger partial charge in [0.25, 0.3) is 0 Å². The number of rotatable bonds is 4. The first kappa shape index (κ1) is 11.6. The summed E-state index contributed by atoms with van der Waals surface area (Å²) in [5.74, 6) is 0.945. The first-order valence-corrected chi connectivity index (χ1v) is 5.34. The molecule has 0 aliphatic rings. The highest BCUT2D eigenvalue weighted by atomic mass is 35.5. The van der Waals surface area contributed by atoms with Gasteiger partial charge < -0.3 is 10.2 Å². The Bertz CT molecular complexity index is 482. The molecule has 8 heteroatoms. The van der Waals surface area contributed by atoms with Gasteiger partial charge in [-0.1, -0.05) is 0 Å². The third-order valence-corrected chi connectivity index (χ3v) is 2.16. The predicted octanol–water partition coefficient (Wildman–Crippen LogP) is 0.926. The van der Waals surface area contributed by atoms with E-state index in [2.05, 4.69) is 30.5 Å². The van der Waals surface area contributed by atoms with E-state index in [9.17, 15) is 0 Å². The summed E-state index contributed by atoms with van der Waals surface area (Å²) in [7, 11) is 3.68. The summed E-state index contributed by atoms with van der Waals surface area (Å²) in [4.78, 5) is 13.9. The van der Waals surface area contributed by atoms with E-state index in [0.29, 0.717) is 18.4 Å². The lowest BCUT2D eigenvalue weighted by molar-refractivity contribution is 0.924. The van der Waals surface area contributed by atoms with Crippen molar-refractivity contribution < 1.29 is 0 Å². The summed E-state index contributed by atoms with van der Waals surface area (Å²) in [6, 6.07) is 1.86. The monoisotopic (exact) mass is 253 g/mol. The quantitative estimate of drug-likeness (QED) is 0.843. The summed E-state index contributed by atoms with van der Waals surface area (Å²) in [5.41, 5.74) is 0.938. The number of halogens is 1. The molecule has 2 N–H and O–H groups in total. The Morgan fingerprint density at radius 3 is 2.82 bits per heavy atom. The van der Waals surface area contributed by atoms with E-state index >= 15 is 0 Å². The maximum atomic E-state index is 5.81. The highest BCUT2D eigenvalue weighted by Crippen LogP contribution is 2.11. The summed E-state index contributed by atoms with van der Waals surface area (Å²) in [6.07, 6.45) is 1.68. The molecule has 2 heterocycles. The van der Waals surface area contributed by atoms with E-state index in [-0.39, 0.29) is 5.28 Å². The number of nitrogens with zero attached hydrogens (tertiary/aromatic N) is 5. The third kappa shape index (κ3) is 3.04. The van der Waals surface area contributed by atoms with Gasteiger partial charge in [0.15, 0.2) is 0 Å². The molecule has 0 radical (unpaired) electrons. The van der Waals surface area contributed by atoms with Crippen molar-refractivity contribution in [2.24, 2.45) is 0 Å². The number of hydrogen-bond donors (Lipinski definition) is 2. The van der Waals surface area contributed by atoms with Crippen LogP contribution < -0.4 is 10.2 Å². The van der Waals surface area contributed by atoms with Crippen LogP contribution in [0, 0.1) is 0 Å². The second-order valence-corrected chi connectivity index (χ2v) is 3.90. The van der Waals surface area contributed by atoms with Gasteiger partial charge in [0.05, 0.1) is 12.2 Å².